The second-order valence-electron chi connectivity index (χ2n) is 2.37. The van der Waals surface area contributed by atoms with Gasteiger partial charge in [-0.2, -0.15) is 0 Å². The largest absolute Gasteiger partial charge is 0.459 e. The Bertz CT molecular complexity index is 210. The van der Waals surface area contributed by atoms with E-state index in [0.29, 0.717) is 0 Å². The minimum Gasteiger partial charge on any atom is -0.459 e. The molecule has 0 amide bonds. The number of carbonyl (C=O) groups excluding carboxylic acids is 2. The lowest BCUT2D eigenvalue weighted by Gasteiger charge is -2.04. The molecule has 0 atom stereocenters. The van der Waals surface area contributed by atoms with Crippen LogP contribution in [0, 0.1) is 0 Å². The number of ether oxygens (including phenoxy) is 2. The maximum Gasteiger partial charge on any atom is 0.331 e. The first kappa shape index (κ1) is 12.4. The zero-order valence-electron chi connectivity index (χ0n) is 8.19. The lowest BCUT2D eigenvalue weighted by molar-refractivity contribution is -0.148. The molecule has 0 radical (unpaired) electrons. The van der Waals surface area contributed by atoms with Gasteiger partial charge >= 0.3 is 11.9 Å². The molecule has 1 aliphatic rings. The smallest absolute Gasteiger partial charge is 0.331 e. The molecular formula is C10H14O4. The summed E-state index contributed by atoms with van der Waals surface area (Å²) in [6.45, 7) is 5.81. The van der Waals surface area contributed by atoms with Crippen LogP contribution >= 0.6 is 0 Å². The summed E-state index contributed by atoms with van der Waals surface area (Å²) in [5.41, 5.74) is 0. The number of carbonyl (C=O) groups is 2. The van der Waals surface area contributed by atoms with Gasteiger partial charge < -0.3 is 9.47 Å². The monoisotopic (exact) mass is 198 g/mol. The summed E-state index contributed by atoms with van der Waals surface area (Å²) >= 11 is 0. The second kappa shape index (κ2) is 8.04. The molecule has 78 valence electrons. The van der Waals surface area contributed by atoms with Gasteiger partial charge in [-0.05, 0) is 6.42 Å². The fourth-order valence-corrected chi connectivity index (χ4v) is 0.517. The molecule has 0 aromatic carbocycles. The summed E-state index contributed by atoms with van der Waals surface area (Å²) in [5.74, 6) is -1.01. The van der Waals surface area contributed by atoms with Gasteiger partial charge in [0.25, 0.3) is 0 Å². The van der Waals surface area contributed by atoms with Crippen LogP contribution in [0.25, 0.3) is 0 Å². The highest BCUT2D eigenvalue weighted by Gasteiger charge is 2.04. The molecule has 0 aromatic rings. The number of hydrogen-bond acceptors (Lipinski definition) is 4. The van der Waals surface area contributed by atoms with Gasteiger partial charge in [-0.1, -0.05) is 13.0 Å². The predicted octanol–water partition coefficient (Wildman–Crippen LogP) is 1.22. The van der Waals surface area contributed by atoms with Crippen molar-refractivity contribution in [2.24, 2.45) is 0 Å². The first-order valence-corrected chi connectivity index (χ1v) is 4.33. The quantitative estimate of drug-likeness (QED) is 0.469. The van der Waals surface area contributed by atoms with Crippen LogP contribution in [0.5, 0.6) is 0 Å². The van der Waals surface area contributed by atoms with Gasteiger partial charge in [-0.15, -0.1) is 6.58 Å². The molecule has 14 heavy (non-hydrogen) atoms. The third-order valence-electron chi connectivity index (χ3n) is 1.22. The van der Waals surface area contributed by atoms with Gasteiger partial charge in [0.05, 0.1) is 0 Å². The minimum absolute atomic E-state index is 0.134. The Labute approximate surface area is 83.2 Å². The van der Waals surface area contributed by atoms with Crippen LogP contribution in [0.1, 0.15) is 13.3 Å². The van der Waals surface area contributed by atoms with E-state index in [1.165, 1.54) is 0 Å². The number of allylic oxidation sites excluding steroid dienone is 1. The van der Waals surface area contributed by atoms with Crippen LogP contribution in [-0.4, -0.2) is 25.2 Å². The highest BCUT2D eigenvalue weighted by molar-refractivity contribution is 5.92. The molecule has 0 fully saturated rings. The zero-order valence-corrected chi connectivity index (χ0v) is 8.19. The summed E-state index contributed by atoms with van der Waals surface area (Å²) < 4.78 is 9.06. The third kappa shape index (κ3) is 7.09. The third-order valence-corrected chi connectivity index (χ3v) is 1.22. The molecule has 1 heterocycles. The summed E-state index contributed by atoms with van der Waals surface area (Å²) in [7, 11) is 0. The normalized spacial score (nSPS) is 15.2. The summed E-state index contributed by atoms with van der Waals surface area (Å²) in [5, 5.41) is 0. The van der Waals surface area contributed by atoms with Crippen LogP contribution in [0.4, 0.5) is 0 Å². The maximum absolute atomic E-state index is 10.5. The van der Waals surface area contributed by atoms with E-state index in [9.17, 15) is 9.59 Å². The highest BCUT2D eigenvalue weighted by atomic mass is 16.6. The molecule has 0 bridgehead atoms. The van der Waals surface area contributed by atoms with Gasteiger partial charge in [-0.25, -0.2) is 9.59 Å². The van der Waals surface area contributed by atoms with Crippen molar-refractivity contribution in [3.63, 3.8) is 0 Å². The lowest BCUT2D eigenvalue weighted by Crippen LogP contribution is -2.14. The van der Waals surface area contributed by atoms with E-state index in [4.69, 9.17) is 0 Å². The van der Waals surface area contributed by atoms with Crippen molar-refractivity contribution < 1.29 is 19.1 Å². The van der Waals surface area contributed by atoms with Gasteiger partial charge in [-0.3, -0.25) is 0 Å². The van der Waals surface area contributed by atoms with Crippen LogP contribution in [-0.2, 0) is 19.1 Å². The number of esters is 2. The first-order chi connectivity index (χ1) is 6.70. The fraction of sp³-hybridized carbons (Fsp3) is 0.400. The van der Waals surface area contributed by atoms with Crippen molar-refractivity contribution in [1.29, 1.82) is 0 Å². The molecule has 0 spiro atoms. The van der Waals surface area contributed by atoms with Crippen LogP contribution in [0.3, 0.4) is 0 Å². The van der Waals surface area contributed by atoms with Crippen molar-refractivity contribution in [3.05, 3.63) is 24.8 Å². The SMILES string of the molecule is C=CCC.O=C1C=CC(=O)OCCO1. The Kier molecular flexibility index (Phi) is 7.13. The average molecular weight is 198 g/mol. The van der Waals surface area contributed by atoms with Gasteiger partial charge in [0.2, 0.25) is 0 Å². The van der Waals surface area contributed by atoms with Crippen molar-refractivity contribution >= 4 is 11.9 Å². The molecule has 0 saturated carbocycles. The summed E-state index contributed by atoms with van der Waals surface area (Å²) in [6.07, 6.45) is 5.04. The molecule has 0 aromatic heterocycles. The Hall–Kier alpha value is -1.58. The number of rotatable bonds is 1. The van der Waals surface area contributed by atoms with E-state index in [-0.39, 0.29) is 13.2 Å². The van der Waals surface area contributed by atoms with E-state index in [2.05, 4.69) is 23.0 Å². The Balaban J connectivity index is 0.000000364. The molecule has 4 nitrogen and oxygen atoms in total. The van der Waals surface area contributed by atoms with Crippen molar-refractivity contribution in [2.75, 3.05) is 13.2 Å². The molecular weight excluding hydrogens is 184 g/mol. The topological polar surface area (TPSA) is 52.6 Å². The predicted molar refractivity (Wildman–Crippen MR) is 51.5 cm³/mol. The van der Waals surface area contributed by atoms with Gasteiger partial charge in [0.1, 0.15) is 13.2 Å². The number of hydrogen-bond donors (Lipinski definition) is 0. The molecule has 0 N–H and O–H groups in total. The van der Waals surface area contributed by atoms with E-state index in [1.54, 1.807) is 0 Å². The van der Waals surface area contributed by atoms with Crippen molar-refractivity contribution in [1.82, 2.24) is 0 Å². The van der Waals surface area contributed by atoms with E-state index in [1.807, 2.05) is 6.08 Å². The van der Waals surface area contributed by atoms with E-state index in [0.717, 1.165) is 18.6 Å². The summed E-state index contributed by atoms with van der Waals surface area (Å²) in [6, 6.07) is 0. The standard InChI is InChI=1S/C6H6O4.C4H8/c7-5-1-2-6(8)10-4-3-9-5;1-3-4-2/h1-2H,3-4H2;3H,1,4H2,2H3. The Morgan fingerprint density at radius 3 is 1.93 bits per heavy atom. The summed E-state index contributed by atoms with van der Waals surface area (Å²) in [4.78, 5) is 20.9. The molecule has 0 saturated heterocycles. The van der Waals surface area contributed by atoms with Crippen LogP contribution < -0.4 is 0 Å². The van der Waals surface area contributed by atoms with Crippen LogP contribution in [0.2, 0.25) is 0 Å². The Morgan fingerprint density at radius 2 is 1.64 bits per heavy atom. The Morgan fingerprint density at radius 1 is 1.29 bits per heavy atom. The van der Waals surface area contributed by atoms with Crippen molar-refractivity contribution in [2.45, 2.75) is 13.3 Å². The first-order valence-electron chi connectivity index (χ1n) is 4.33. The molecule has 0 aliphatic carbocycles. The van der Waals surface area contributed by atoms with Gasteiger partial charge in [0, 0.05) is 12.2 Å². The lowest BCUT2D eigenvalue weighted by atomic mass is 10.5. The fourth-order valence-electron chi connectivity index (χ4n) is 0.517. The zero-order chi connectivity index (χ0) is 10.8. The van der Waals surface area contributed by atoms with Gasteiger partial charge in [0.15, 0.2) is 0 Å². The highest BCUT2D eigenvalue weighted by Crippen LogP contribution is 1.90. The molecule has 4 heteroatoms. The molecule has 1 rings (SSSR count). The van der Waals surface area contributed by atoms with E-state index < -0.39 is 11.9 Å². The second-order valence-corrected chi connectivity index (χ2v) is 2.37. The average Bonchev–Trinajstić information content (AvgIpc) is 2.19. The minimum atomic E-state index is -0.503. The van der Waals surface area contributed by atoms with E-state index >= 15 is 0 Å². The number of cyclic esters (lactones) is 2. The molecule has 0 unspecified atom stereocenters. The molecule has 1 aliphatic heterocycles. The van der Waals surface area contributed by atoms with Crippen molar-refractivity contribution in [3.8, 4) is 0 Å². The maximum atomic E-state index is 10.5. The van der Waals surface area contributed by atoms with Crippen LogP contribution in [0.15, 0.2) is 24.8 Å².